The third-order valence-corrected chi connectivity index (χ3v) is 4.07. The van der Waals surface area contributed by atoms with Crippen molar-refractivity contribution in [3.05, 3.63) is 75.0 Å². The number of benzene rings is 2. The smallest absolute Gasteiger partial charge is 0.261 e. The van der Waals surface area contributed by atoms with Gasteiger partial charge in [0.25, 0.3) is 5.91 Å². The molecule has 0 atom stereocenters. The number of hydrogen-bond donors (Lipinski definition) is 2. The number of aromatic nitrogens is 1. The topological polar surface area (TPSA) is 62.0 Å². The number of anilines is 1. The van der Waals surface area contributed by atoms with Crippen molar-refractivity contribution in [2.75, 3.05) is 5.32 Å². The molecule has 0 aliphatic rings. The molecule has 4 nitrogen and oxygen atoms in total. The number of para-hydroxylation sites is 2. The second-order valence-corrected chi connectivity index (χ2v) is 5.57. The molecule has 1 heterocycles. The fourth-order valence-electron chi connectivity index (χ4n) is 2.52. The lowest BCUT2D eigenvalue weighted by Gasteiger charge is -2.10. The van der Waals surface area contributed by atoms with E-state index in [1.165, 1.54) is 6.20 Å². The van der Waals surface area contributed by atoms with E-state index in [0.717, 1.165) is 12.0 Å². The number of carbonyl (C=O) groups excluding carboxylic acids is 1. The minimum Gasteiger partial charge on any atom is -0.359 e. The van der Waals surface area contributed by atoms with Gasteiger partial charge >= 0.3 is 0 Å². The number of pyridine rings is 1. The third kappa shape index (κ3) is 2.85. The average molecular weight is 327 g/mol. The maximum Gasteiger partial charge on any atom is 0.261 e. The van der Waals surface area contributed by atoms with Crippen molar-refractivity contribution >= 4 is 34.1 Å². The lowest BCUT2D eigenvalue weighted by Crippen LogP contribution is -2.22. The molecule has 23 heavy (non-hydrogen) atoms. The van der Waals surface area contributed by atoms with Crippen LogP contribution in [0, 0.1) is 0 Å². The van der Waals surface area contributed by atoms with Gasteiger partial charge in [-0.3, -0.25) is 9.59 Å². The Kier molecular flexibility index (Phi) is 4.17. The van der Waals surface area contributed by atoms with Crippen LogP contribution in [0.4, 0.5) is 5.69 Å². The van der Waals surface area contributed by atoms with Crippen LogP contribution in [0.5, 0.6) is 0 Å². The number of nitrogens with one attached hydrogen (secondary N) is 2. The Hall–Kier alpha value is -2.59. The van der Waals surface area contributed by atoms with E-state index in [1.54, 1.807) is 18.2 Å². The van der Waals surface area contributed by atoms with Crippen LogP contribution in [0.2, 0.25) is 5.02 Å². The normalized spacial score (nSPS) is 10.7. The van der Waals surface area contributed by atoms with Gasteiger partial charge in [0.05, 0.1) is 10.5 Å². The average Bonchev–Trinajstić information content (AvgIpc) is 2.56. The molecule has 0 fully saturated rings. The zero-order chi connectivity index (χ0) is 16.4. The van der Waals surface area contributed by atoms with E-state index < -0.39 is 5.91 Å². The second-order valence-electron chi connectivity index (χ2n) is 5.16. The summed E-state index contributed by atoms with van der Waals surface area (Å²) in [4.78, 5) is 27.9. The fraction of sp³-hybridized carbons (Fsp3) is 0.111. The van der Waals surface area contributed by atoms with Gasteiger partial charge in [0.15, 0.2) is 0 Å². The molecule has 0 unspecified atom stereocenters. The van der Waals surface area contributed by atoms with Gasteiger partial charge in [-0.25, -0.2) is 0 Å². The largest absolute Gasteiger partial charge is 0.359 e. The molecule has 2 aromatic carbocycles. The maximum atomic E-state index is 12.5. The molecule has 0 bridgehead atoms. The second kappa shape index (κ2) is 6.26. The lowest BCUT2D eigenvalue weighted by atomic mass is 10.1. The Labute approximate surface area is 138 Å². The van der Waals surface area contributed by atoms with Crippen LogP contribution in [-0.2, 0) is 6.42 Å². The van der Waals surface area contributed by atoms with Gasteiger partial charge in [-0.05, 0) is 30.2 Å². The minimum atomic E-state index is -0.436. The highest BCUT2D eigenvalue weighted by atomic mass is 35.5. The number of fused-ring (bicyclic) bond motifs is 1. The van der Waals surface area contributed by atoms with Crippen LogP contribution < -0.4 is 10.7 Å². The van der Waals surface area contributed by atoms with Gasteiger partial charge in [-0.15, -0.1) is 0 Å². The number of rotatable bonds is 3. The van der Waals surface area contributed by atoms with Crippen molar-refractivity contribution in [1.29, 1.82) is 0 Å². The number of halogens is 1. The molecule has 2 N–H and O–H groups in total. The first-order valence-corrected chi connectivity index (χ1v) is 7.68. The van der Waals surface area contributed by atoms with Crippen molar-refractivity contribution in [3.63, 3.8) is 0 Å². The highest BCUT2D eigenvalue weighted by Gasteiger charge is 2.15. The molecule has 0 saturated heterocycles. The molecule has 0 aliphatic carbocycles. The van der Waals surface area contributed by atoms with Gasteiger partial charge < -0.3 is 10.3 Å². The molecule has 3 rings (SSSR count). The van der Waals surface area contributed by atoms with E-state index in [0.29, 0.717) is 21.6 Å². The Morgan fingerprint density at radius 2 is 1.96 bits per heavy atom. The monoisotopic (exact) mass is 326 g/mol. The Morgan fingerprint density at radius 1 is 1.17 bits per heavy atom. The van der Waals surface area contributed by atoms with E-state index >= 15 is 0 Å². The maximum absolute atomic E-state index is 12.5. The zero-order valence-electron chi connectivity index (χ0n) is 12.5. The van der Waals surface area contributed by atoms with Crippen LogP contribution >= 0.6 is 11.6 Å². The molecule has 0 spiro atoms. The lowest BCUT2D eigenvalue weighted by molar-refractivity contribution is 0.102. The number of H-pyrrole nitrogens is 1. The van der Waals surface area contributed by atoms with Crippen LogP contribution in [0.15, 0.2) is 53.5 Å². The molecule has 3 aromatic rings. The van der Waals surface area contributed by atoms with Crippen molar-refractivity contribution in [1.82, 2.24) is 4.98 Å². The molecule has 1 aromatic heterocycles. The summed E-state index contributed by atoms with van der Waals surface area (Å²) >= 11 is 6.06. The van der Waals surface area contributed by atoms with Gasteiger partial charge in [0, 0.05) is 17.3 Å². The highest BCUT2D eigenvalue weighted by Crippen LogP contribution is 2.20. The minimum absolute atomic E-state index is 0.0608. The molecule has 0 saturated carbocycles. The molecule has 5 heteroatoms. The number of aryl methyl sites for hydroxylation is 1. The first-order valence-electron chi connectivity index (χ1n) is 7.31. The van der Waals surface area contributed by atoms with Crippen molar-refractivity contribution < 1.29 is 4.79 Å². The first kappa shape index (κ1) is 15.3. The Balaban J connectivity index is 2.02. The summed E-state index contributed by atoms with van der Waals surface area (Å²) in [5.41, 5.74) is 1.98. The summed E-state index contributed by atoms with van der Waals surface area (Å²) in [6.07, 6.45) is 2.20. The van der Waals surface area contributed by atoms with Crippen molar-refractivity contribution in [2.24, 2.45) is 0 Å². The van der Waals surface area contributed by atoms with Crippen LogP contribution in [0.1, 0.15) is 22.8 Å². The number of hydrogen-bond acceptors (Lipinski definition) is 2. The molecule has 0 aliphatic heterocycles. The SMILES string of the molecule is CCc1ccccc1NC(=O)c1c[nH]c2c(Cl)cccc2c1=O. The van der Waals surface area contributed by atoms with Gasteiger partial charge in [0.2, 0.25) is 5.43 Å². The van der Waals surface area contributed by atoms with Crippen LogP contribution in [0.3, 0.4) is 0 Å². The van der Waals surface area contributed by atoms with Crippen molar-refractivity contribution in [3.8, 4) is 0 Å². The summed E-state index contributed by atoms with van der Waals surface area (Å²) in [5.74, 6) is -0.436. The number of carbonyl (C=O) groups is 1. The Morgan fingerprint density at radius 3 is 2.74 bits per heavy atom. The summed E-state index contributed by atoms with van der Waals surface area (Å²) in [6, 6.07) is 12.6. The van der Waals surface area contributed by atoms with E-state index in [2.05, 4.69) is 10.3 Å². The summed E-state index contributed by atoms with van der Waals surface area (Å²) in [7, 11) is 0. The molecular weight excluding hydrogens is 312 g/mol. The molecule has 116 valence electrons. The van der Waals surface area contributed by atoms with Gasteiger partial charge in [-0.2, -0.15) is 0 Å². The summed E-state index contributed by atoms with van der Waals surface area (Å²) in [5, 5.41) is 3.65. The Bertz CT molecular complexity index is 947. The van der Waals surface area contributed by atoms with Crippen LogP contribution in [0.25, 0.3) is 10.9 Å². The predicted octanol–water partition coefficient (Wildman–Crippen LogP) is 4.00. The fourth-order valence-corrected chi connectivity index (χ4v) is 2.75. The zero-order valence-corrected chi connectivity index (χ0v) is 13.3. The quantitative estimate of drug-likeness (QED) is 0.764. The first-order chi connectivity index (χ1) is 11.1. The van der Waals surface area contributed by atoms with E-state index in [1.807, 2.05) is 31.2 Å². The van der Waals surface area contributed by atoms with Gasteiger partial charge in [0.1, 0.15) is 5.56 Å². The van der Waals surface area contributed by atoms with Crippen molar-refractivity contribution in [2.45, 2.75) is 13.3 Å². The molecule has 0 radical (unpaired) electrons. The van der Waals surface area contributed by atoms with E-state index in [-0.39, 0.29) is 11.0 Å². The summed E-state index contributed by atoms with van der Waals surface area (Å²) < 4.78 is 0. The predicted molar refractivity (Wildman–Crippen MR) is 93.4 cm³/mol. The number of amides is 1. The summed E-state index contributed by atoms with van der Waals surface area (Å²) in [6.45, 7) is 2.01. The molecular formula is C18H15ClN2O2. The molecule has 1 amide bonds. The standard InChI is InChI=1S/C18H15ClN2O2/c1-2-11-6-3-4-9-15(11)21-18(23)13-10-20-16-12(17(13)22)7-5-8-14(16)19/h3-10H,2H2,1H3,(H,20,22)(H,21,23). The highest BCUT2D eigenvalue weighted by molar-refractivity contribution is 6.35. The number of aromatic amines is 1. The van der Waals surface area contributed by atoms with E-state index in [9.17, 15) is 9.59 Å². The third-order valence-electron chi connectivity index (χ3n) is 3.75. The van der Waals surface area contributed by atoms with Crippen LogP contribution in [-0.4, -0.2) is 10.9 Å². The van der Waals surface area contributed by atoms with E-state index in [4.69, 9.17) is 11.6 Å². The van der Waals surface area contributed by atoms with Gasteiger partial charge in [-0.1, -0.05) is 42.8 Å².